The molecule has 0 saturated heterocycles. The summed E-state index contributed by atoms with van der Waals surface area (Å²) in [5.41, 5.74) is -0.504. The van der Waals surface area contributed by atoms with Crippen molar-refractivity contribution in [2.45, 2.75) is 13.5 Å². The molecular weight excluding hydrogens is 426 g/mol. The Bertz CT molecular complexity index is 1390. The van der Waals surface area contributed by atoms with Crippen molar-refractivity contribution in [3.05, 3.63) is 85.3 Å². The van der Waals surface area contributed by atoms with Gasteiger partial charge in [-0.2, -0.15) is 0 Å². The van der Waals surface area contributed by atoms with Crippen molar-refractivity contribution in [1.29, 1.82) is 0 Å². The fraction of sp³-hybridized carbons (Fsp3) is 0.0952. The first-order valence-corrected chi connectivity index (χ1v) is 10.1. The number of aromatic hydroxyl groups is 1. The molecule has 9 heteroatoms. The number of carbonyl (C=O) groups excluding carboxylic acids is 1. The summed E-state index contributed by atoms with van der Waals surface area (Å²) in [6.07, 6.45) is 0. The lowest BCUT2D eigenvalue weighted by atomic mass is 10.3. The molecule has 0 aliphatic rings. The van der Waals surface area contributed by atoms with Crippen molar-refractivity contribution in [2.24, 2.45) is 0 Å². The van der Waals surface area contributed by atoms with E-state index in [1.165, 1.54) is 34.1 Å². The summed E-state index contributed by atoms with van der Waals surface area (Å²) in [6, 6.07) is 14.5. The van der Waals surface area contributed by atoms with E-state index in [0.717, 1.165) is 9.44 Å². The standard InChI is InChI=1S/C21H16ClN3O4S/c1-12-9-15-19(28)25(14-5-3-2-4-6-14)21(29)24(20(15)30-12)11-18(27)23-16-10-13(22)7-8-17(16)26/h2-10,26H,11H2,1H3,(H,23,27). The van der Waals surface area contributed by atoms with E-state index in [1.54, 1.807) is 36.4 Å². The second kappa shape index (κ2) is 7.81. The minimum atomic E-state index is -0.619. The van der Waals surface area contributed by atoms with Gasteiger partial charge in [-0.3, -0.25) is 14.2 Å². The number of fused-ring (bicyclic) bond motifs is 1. The van der Waals surface area contributed by atoms with Crippen LogP contribution in [-0.4, -0.2) is 20.1 Å². The predicted molar refractivity (Wildman–Crippen MR) is 118 cm³/mol. The number of phenolic OH excluding ortho intramolecular Hbond substituents is 1. The summed E-state index contributed by atoms with van der Waals surface area (Å²) in [5, 5.41) is 13.2. The van der Waals surface area contributed by atoms with Crippen LogP contribution in [0.15, 0.2) is 64.2 Å². The van der Waals surface area contributed by atoms with Crippen molar-refractivity contribution in [3.63, 3.8) is 0 Å². The van der Waals surface area contributed by atoms with Crippen LogP contribution >= 0.6 is 22.9 Å². The zero-order chi connectivity index (χ0) is 21.4. The summed E-state index contributed by atoms with van der Waals surface area (Å²) in [5.74, 6) is -0.688. The smallest absolute Gasteiger partial charge is 0.337 e. The van der Waals surface area contributed by atoms with Crippen molar-refractivity contribution in [3.8, 4) is 11.4 Å². The van der Waals surface area contributed by atoms with Crippen molar-refractivity contribution < 1.29 is 9.90 Å². The van der Waals surface area contributed by atoms with E-state index in [4.69, 9.17) is 11.6 Å². The molecule has 152 valence electrons. The first-order chi connectivity index (χ1) is 14.3. The number of halogens is 1. The minimum Gasteiger partial charge on any atom is -0.506 e. The van der Waals surface area contributed by atoms with Crippen LogP contribution in [0.4, 0.5) is 5.69 Å². The Morgan fingerprint density at radius 1 is 1.13 bits per heavy atom. The molecule has 2 aromatic carbocycles. The van der Waals surface area contributed by atoms with Gasteiger partial charge in [0.2, 0.25) is 5.91 Å². The molecule has 0 fully saturated rings. The van der Waals surface area contributed by atoms with Crippen molar-refractivity contribution >= 4 is 44.7 Å². The number of hydrogen-bond donors (Lipinski definition) is 2. The van der Waals surface area contributed by atoms with Crippen LogP contribution in [0, 0.1) is 6.92 Å². The lowest BCUT2D eigenvalue weighted by Crippen LogP contribution is -2.40. The van der Waals surface area contributed by atoms with Crippen LogP contribution in [0.1, 0.15) is 4.88 Å². The van der Waals surface area contributed by atoms with E-state index in [9.17, 15) is 19.5 Å². The summed E-state index contributed by atoms with van der Waals surface area (Å²) in [7, 11) is 0. The number of anilines is 1. The first-order valence-electron chi connectivity index (χ1n) is 8.95. The molecule has 30 heavy (non-hydrogen) atoms. The van der Waals surface area contributed by atoms with Crippen LogP contribution in [0.25, 0.3) is 15.9 Å². The number of benzene rings is 2. The van der Waals surface area contributed by atoms with Crippen LogP contribution in [0.3, 0.4) is 0 Å². The molecule has 4 aromatic rings. The van der Waals surface area contributed by atoms with Crippen LogP contribution in [0.5, 0.6) is 5.75 Å². The van der Waals surface area contributed by atoms with Gasteiger partial charge in [0.05, 0.1) is 16.8 Å². The Kier molecular flexibility index (Phi) is 5.19. The van der Waals surface area contributed by atoms with Gasteiger partial charge in [-0.25, -0.2) is 9.36 Å². The van der Waals surface area contributed by atoms with Gasteiger partial charge >= 0.3 is 5.69 Å². The summed E-state index contributed by atoms with van der Waals surface area (Å²) in [6.45, 7) is 1.49. The number of aryl methyl sites for hydroxylation is 1. The predicted octanol–water partition coefficient (Wildman–Crippen LogP) is 3.52. The van der Waals surface area contributed by atoms with Gasteiger partial charge in [0, 0.05) is 9.90 Å². The summed E-state index contributed by atoms with van der Waals surface area (Å²) in [4.78, 5) is 40.1. The number of hydrogen-bond acceptors (Lipinski definition) is 5. The fourth-order valence-corrected chi connectivity index (χ4v) is 4.32. The minimum absolute atomic E-state index is 0.135. The van der Waals surface area contributed by atoms with Gasteiger partial charge in [-0.05, 0) is 43.3 Å². The molecule has 0 radical (unpaired) electrons. The number of para-hydroxylation sites is 1. The van der Waals surface area contributed by atoms with Gasteiger partial charge in [0.15, 0.2) is 0 Å². The maximum atomic E-state index is 13.2. The lowest BCUT2D eigenvalue weighted by molar-refractivity contribution is -0.116. The molecule has 7 nitrogen and oxygen atoms in total. The Balaban J connectivity index is 1.82. The van der Waals surface area contributed by atoms with E-state index in [-0.39, 0.29) is 18.0 Å². The van der Waals surface area contributed by atoms with Crippen LogP contribution < -0.4 is 16.6 Å². The molecule has 0 unspecified atom stereocenters. The van der Waals surface area contributed by atoms with E-state index in [2.05, 4.69) is 5.32 Å². The monoisotopic (exact) mass is 441 g/mol. The number of thiophene rings is 1. The molecule has 0 aliphatic carbocycles. The van der Waals surface area contributed by atoms with Gasteiger partial charge in [-0.1, -0.05) is 29.8 Å². The number of rotatable bonds is 4. The highest BCUT2D eigenvalue weighted by molar-refractivity contribution is 7.18. The quantitative estimate of drug-likeness (QED) is 0.474. The summed E-state index contributed by atoms with van der Waals surface area (Å²) < 4.78 is 2.32. The van der Waals surface area contributed by atoms with E-state index >= 15 is 0 Å². The average molecular weight is 442 g/mol. The number of phenols is 1. The topological polar surface area (TPSA) is 93.3 Å². The molecular formula is C21H16ClN3O4S. The second-order valence-corrected chi connectivity index (χ2v) is 8.30. The Morgan fingerprint density at radius 3 is 2.60 bits per heavy atom. The van der Waals surface area contributed by atoms with E-state index in [1.807, 2.05) is 6.92 Å². The van der Waals surface area contributed by atoms with Crippen molar-refractivity contribution in [2.75, 3.05) is 5.32 Å². The molecule has 2 heterocycles. The number of carbonyl (C=O) groups is 1. The highest BCUT2D eigenvalue weighted by Crippen LogP contribution is 2.27. The molecule has 4 rings (SSSR count). The molecule has 0 aliphatic heterocycles. The molecule has 2 N–H and O–H groups in total. The van der Waals surface area contributed by atoms with Crippen LogP contribution in [0.2, 0.25) is 5.02 Å². The number of nitrogens with zero attached hydrogens (tertiary/aromatic N) is 2. The maximum Gasteiger partial charge on any atom is 0.337 e. The largest absolute Gasteiger partial charge is 0.506 e. The van der Waals surface area contributed by atoms with E-state index in [0.29, 0.717) is 20.9 Å². The SMILES string of the molecule is Cc1cc2c(=O)n(-c3ccccc3)c(=O)n(CC(=O)Nc3cc(Cl)ccc3O)c2s1. The maximum absolute atomic E-state index is 13.2. The Hall–Kier alpha value is -3.36. The Labute approximate surface area is 179 Å². The molecule has 0 atom stereocenters. The number of amides is 1. The molecule has 0 spiro atoms. The zero-order valence-corrected chi connectivity index (χ0v) is 17.3. The highest BCUT2D eigenvalue weighted by atomic mass is 35.5. The molecule has 0 bridgehead atoms. The zero-order valence-electron chi connectivity index (χ0n) is 15.8. The number of nitrogens with one attached hydrogen (secondary N) is 1. The van der Waals surface area contributed by atoms with Gasteiger partial charge in [0.25, 0.3) is 5.56 Å². The van der Waals surface area contributed by atoms with E-state index < -0.39 is 17.2 Å². The van der Waals surface area contributed by atoms with Gasteiger partial charge in [0.1, 0.15) is 17.1 Å². The number of aromatic nitrogens is 2. The second-order valence-electron chi connectivity index (χ2n) is 6.63. The third-order valence-electron chi connectivity index (χ3n) is 4.49. The first kappa shape index (κ1) is 19.9. The lowest BCUT2D eigenvalue weighted by Gasteiger charge is -2.13. The average Bonchev–Trinajstić information content (AvgIpc) is 3.11. The third kappa shape index (κ3) is 3.62. The van der Waals surface area contributed by atoms with Crippen molar-refractivity contribution in [1.82, 2.24) is 9.13 Å². The molecule has 0 saturated carbocycles. The third-order valence-corrected chi connectivity index (χ3v) is 5.79. The summed E-state index contributed by atoms with van der Waals surface area (Å²) >= 11 is 7.18. The Morgan fingerprint density at radius 2 is 1.87 bits per heavy atom. The highest BCUT2D eigenvalue weighted by Gasteiger charge is 2.19. The van der Waals surface area contributed by atoms with Crippen LogP contribution in [-0.2, 0) is 11.3 Å². The van der Waals surface area contributed by atoms with Gasteiger partial charge < -0.3 is 10.4 Å². The van der Waals surface area contributed by atoms with Gasteiger partial charge in [-0.15, -0.1) is 11.3 Å². The normalized spacial score (nSPS) is 11.0. The fourth-order valence-electron chi connectivity index (χ4n) is 3.16. The molecule has 1 amide bonds. The molecule has 2 aromatic heterocycles.